The van der Waals surface area contributed by atoms with Crippen LogP contribution in [0.4, 0.5) is 5.69 Å². The molecule has 1 aromatic rings. The van der Waals surface area contributed by atoms with E-state index in [4.69, 9.17) is 16.3 Å². The van der Waals surface area contributed by atoms with Gasteiger partial charge in [-0.3, -0.25) is 0 Å². The first-order valence-corrected chi connectivity index (χ1v) is 5.32. The van der Waals surface area contributed by atoms with Gasteiger partial charge in [-0.15, -0.1) is 0 Å². The van der Waals surface area contributed by atoms with Crippen LogP contribution in [0.5, 0.6) is 0 Å². The normalized spacial score (nSPS) is 11.5. The second-order valence-electron chi connectivity index (χ2n) is 4.01. The number of nitrogens with one attached hydrogen (secondary N) is 1. The molecule has 3 nitrogen and oxygen atoms in total. The molecule has 1 N–H and O–H groups in total. The van der Waals surface area contributed by atoms with Crippen LogP contribution in [0.25, 0.3) is 0 Å². The van der Waals surface area contributed by atoms with Crippen molar-refractivity contribution in [1.29, 1.82) is 0 Å². The Labute approximate surface area is 95.8 Å². The SMILES string of the molecule is COC(C)(C)CCNc1ccnc(Cl)c1. The number of hydrogen-bond donors (Lipinski definition) is 1. The van der Waals surface area contributed by atoms with E-state index in [9.17, 15) is 0 Å². The lowest BCUT2D eigenvalue weighted by atomic mass is 10.1. The maximum absolute atomic E-state index is 5.77. The van der Waals surface area contributed by atoms with Crippen molar-refractivity contribution in [3.8, 4) is 0 Å². The monoisotopic (exact) mass is 228 g/mol. The molecule has 0 unspecified atom stereocenters. The molecule has 0 saturated carbocycles. The van der Waals surface area contributed by atoms with E-state index in [1.54, 1.807) is 19.4 Å². The van der Waals surface area contributed by atoms with Crippen LogP contribution in [0, 0.1) is 0 Å². The minimum atomic E-state index is -0.0934. The molecule has 1 aromatic heterocycles. The summed E-state index contributed by atoms with van der Waals surface area (Å²) in [6.45, 7) is 4.98. The van der Waals surface area contributed by atoms with Crippen molar-refractivity contribution < 1.29 is 4.74 Å². The maximum atomic E-state index is 5.77. The lowest BCUT2D eigenvalue weighted by Crippen LogP contribution is -2.25. The number of methoxy groups -OCH3 is 1. The van der Waals surface area contributed by atoms with E-state index in [1.165, 1.54) is 0 Å². The van der Waals surface area contributed by atoms with Crippen LogP contribution in [0.1, 0.15) is 20.3 Å². The van der Waals surface area contributed by atoms with Gasteiger partial charge in [-0.2, -0.15) is 0 Å². The summed E-state index contributed by atoms with van der Waals surface area (Å²) in [5.74, 6) is 0. The van der Waals surface area contributed by atoms with Gasteiger partial charge in [0.1, 0.15) is 5.15 Å². The Hall–Kier alpha value is -0.800. The highest BCUT2D eigenvalue weighted by atomic mass is 35.5. The molecule has 15 heavy (non-hydrogen) atoms. The Morgan fingerprint density at radius 3 is 2.87 bits per heavy atom. The largest absolute Gasteiger partial charge is 0.385 e. The van der Waals surface area contributed by atoms with Crippen molar-refractivity contribution in [1.82, 2.24) is 4.98 Å². The molecule has 0 saturated heterocycles. The lowest BCUT2D eigenvalue weighted by Gasteiger charge is -2.23. The van der Waals surface area contributed by atoms with E-state index < -0.39 is 0 Å². The fraction of sp³-hybridized carbons (Fsp3) is 0.545. The molecule has 0 radical (unpaired) electrons. The zero-order valence-electron chi connectivity index (χ0n) is 9.38. The van der Waals surface area contributed by atoms with Gasteiger partial charge in [0.25, 0.3) is 0 Å². The molecule has 0 aliphatic carbocycles. The zero-order chi connectivity index (χ0) is 11.3. The first kappa shape index (κ1) is 12.3. The smallest absolute Gasteiger partial charge is 0.131 e. The predicted octanol–water partition coefficient (Wildman–Crippen LogP) is 2.96. The number of halogens is 1. The third kappa shape index (κ3) is 4.49. The van der Waals surface area contributed by atoms with Gasteiger partial charge in [0.2, 0.25) is 0 Å². The number of aromatic nitrogens is 1. The Morgan fingerprint density at radius 1 is 1.53 bits per heavy atom. The predicted molar refractivity (Wildman–Crippen MR) is 63.4 cm³/mol. The van der Waals surface area contributed by atoms with Gasteiger partial charge in [0.05, 0.1) is 5.60 Å². The van der Waals surface area contributed by atoms with Gasteiger partial charge in [-0.05, 0) is 32.4 Å². The quantitative estimate of drug-likeness (QED) is 0.787. The molecule has 0 aliphatic heterocycles. The minimum Gasteiger partial charge on any atom is -0.385 e. The molecule has 0 amide bonds. The van der Waals surface area contributed by atoms with Crippen LogP contribution >= 0.6 is 11.6 Å². The molecule has 0 atom stereocenters. The Balaban J connectivity index is 2.38. The van der Waals surface area contributed by atoms with Gasteiger partial charge < -0.3 is 10.1 Å². The maximum Gasteiger partial charge on any atom is 0.131 e. The van der Waals surface area contributed by atoms with Crippen molar-refractivity contribution in [2.75, 3.05) is 19.0 Å². The van der Waals surface area contributed by atoms with E-state index in [-0.39, 0.29) is 5.60 Å². The Bertz CT molecular complexity index is 315. The highest BCUT2D eigenvalue weighted by molar-refractivity contribution is 6.29. The number of ether oxygens (including phenoxy) is 1. The average molecular weight is 229 g/mol. The molecule has 0 bridgehead atoms. The first-order chi connectivity index (χ1) is 7.03. The zero-order valence-corrected chi connectivity index (χ0v) is 10.1. The Morgan fingerprint density at radius 2 is 2.27 bits per heavy atom. The van der Waals surface area contributed by atoms with E-state index in [1.807, 2.05) is 6.07 Å². The number of rotatable bonds is 5. The highest BCUT2D eigenvalue weighted by Crippen LogP contribution is 2.15. The summed E-state index contributed by atoms with van der Waals surface area (Å²) < 4.78 is 5.32. The van der Waals surface area contributed by atoms with Crippen molar-refractivity contribution in [3.05, 3.63) is 23.5 Å². The molecular weight excluding hydrogens is 212 g/mol. The van der Waals surface area contributed by atoms with Crippen LogP contribution in [0.2, 0.25) is 5.15 Å². The average Bonchev–Trinajstić information content (AvgIpc) is 2.18. The summed E-state index contributed by atoms with van der Waals surface area (Å²) >= 11 is 5.77. The summed E-state index contributed by atoms with van der Waals surface area (Å²) in [6.07, 6.45) is 2.62. The Kier molecular flexibility index (Phi) is 4.36. The summed E-state index contributed by atoms with van der Waals surface area (Å²) in [6, 6.07) is 3.70. The van der Waals surface area contributed by atoms with E-state index in [2.05, 4.69) is 24.1 Å². The third-order valence-electron chi connectivity index (χ3n) is 2.34. The van der Waals surface area contributed by atoms with Crippen LogP contribution in [0.3, 0.4) is 0 Å². The molecule has 0 aromatic carbocycles. The standard InChI is InChI=1S/C11H17ClN2O/c1-11(2,15-3)5-7-13-9-4-6-14-10(12)8-9/h4,6,8H,5,7H2,1-3H3,(H,13,14). The molecule has 84 valence electrons. The van der Waals surface area contributed by atoms with Crippen molar-refractivity contribution in [2.45, 2.75) is 25.9 Å². The number of hydrogen-bond acceptors (Lipinski definition) is 3. The summed E-state index contributed by atoms with van der Waals surface area (Å²) in [5.41, 5.74) is 0.894. The van der Waals surface area contributed by atoms with Crippen molar-refractivity contribution in [3.63, 3.8) is 0 Å². The fourth-order valence-corrected chi connectivity index (χ4v) is 1.30. The van der Waals surface area contributed by atoms with Gasteiger partial charge in [-0.1, -0.05) is 11.6 Å². The van der Waals surface area contributed by atoms with E-state index >= 15 is 0 Å². The van der Waals surface area contributed by atoms with Crippen molar-refractivity contribution in [2.24, 2.45) is 0 Å². The fourth-order valence-electron chi connectivity index (χ4n) is 1.12. The van der Waals surface area contributed by atoms with Gasteiger partial charge in [0.15, 0.2) is 0 Å². The van der Waals surface area contributed by atoms with Gasteiger partial charge in [0, 0.05) is 25.5 Å². The second-order valence-corrected chi connectivity index (χ2v) is 4.40. The summed E-state index contributed by atoms with van der Waals surface area (Å²) in [4.78, 5) is 3.91. The van der Waals surface area contributed by atoms with Crippen LogP contribution < -0.4 is 5.32 Å². The minimum absolute atomic E-state index is 0.0934. The summed E-state index contributed by atoms with van der Waals surface area (Å²) in [5, 5.41) is 3.78. The molecule has 0 aliphatic rings. The number of pyridine rings is 1. The molecule has 4 heteroatoms. The van der Waals surface area contributed by atoms with Crippen molar-refractivity contribution >= 4 is 17.3 Å². The molecule has 1 heterocycles. The second kappa shape index (κ2) is 5.33. The van der Waals surface area contributed by atoms with E-state index in [0.717, 1.165) is 18.7 Å². The number of nitrogens with zero attached hydrogens (tertiary/aromatic N) is 1. The molecule has 0 spiro atoms. The number of anilines is 1. The van der Waals surface area contributed by atoms with Crippen LogP contribution in [0.15, 0.2) is 18.3 Å². The lowest BCUT2D eigenvalue weighted by molar-refractivity contribution is 0.0185. The van der Waals surface area contributed by atoms with Gasteiger partial charge >= 0.3 is 0 Å². The van der Waals surface area contributed by atoms with E-state index in [0.29, 0.717) is 5.15 Å². The van der Waals surface area contributed by atoms with Crippen LogP contribution in [-0.4, -0.2) is 24.2 Å². The van der Waals surface area contributed by atoms with Crippen LogP contribution in [-0.2, 0) is 4.74 Å². The first-order valence-electron chi connectivity index (χ1n) is 4.94. The van der Waals surface area contributed by atoms with Gasteiger partial charge in [-0.25, -0.2) is 4.98 Å². The molecular formula is C11H17ClN2O. The summed E-state index contributed by atoms with van der Waals surface area (Å²) in [7, 11) is 1.73. The molecule has 1 rings (SSSR count). The topological polar surface area (TPSA) is 34.1 Å². The molecule has 0 fully saturated rings. The third-order valence-corrected chi connectivity index (χ3v) is 2.54. The highest BCUT2D eigenvalue weighted by Gasteiger charge is 2.15.